The number of nitrogen functional groups attached to an aromatic ring is 1. The van der Waals surface area contributed by atoms with E-state index in [0.29, 0.717) is 10.7 Å². The summed E-state index contributed by atoms with van der Waals surface area (Å²) in [6, 6.07) is 7.30. The Hall–Kier alpha value is -1.20. The lowest BCUT2D eigenvalue weighted by molar-refractivity contribution is 0.982. The Bertz CT molecular complexity index is 328. The molecule has 0 radical (unpaired) electrons. The Kier molecular flexibility index (Phi) is 2.57. The lowest BCUT2D eigenvalue weighted by Crippen LogP contribution is -1.92. The van der Waals surface area contributed by atoms with E-state index in [9.17, 15) is 0 Å². The van der Waals surface area contributed by atoms with Crippen LogP contribution in [-0.2, 0) is 0 Å². The van der Waals surface area contributed by atoms with Crippen molar-refractivity contribution in [2.75, 3.05) is 5.73 Å². The SMILES string of the molecule is CC(C#N)c1ccc(N)cc1Cl. The Morgan fingerprint density at radius 1 is 1.58 bits per heavy atom. The van der Waals surface area contributed by atoms with Gasteiger partial charge in [-0.05, 0) is 24.6 Å². The van der Waals surface area contributed by atoms with Crippen molar-refractivity contribution in [3.05, 3.63) is 28.8 Å². The molecule has 0 amide bonds. The number of nitriles is 1. The highest BCUT2D eigenvalue weighted by atomic mass is 35.5. The van der Waals surface area contributed by atoms with Gasteiger partial charge in [-0.3, -0.25) is 0 Å². The molecule has 0 heterocycles. The molecule has 2 nitrogen and oxygen atoms in total. The van der Waals surface area contributed by atoms with Crippen LogP contribution in [0.15, 0.2) is 18.2 Å². The molecule has 0 aliphatic rings. The molecule has 1 aromatic carbocycles. The molecule has 3 heteroatoms. The first-order valence-corrected chi connectivity index (χ1v) is 3.97. The second-order valence-electron chi connectivity index (χ2n) is 2.63. The third-order valence-corrected chi connectivity index (χ3v) is 2.01. The van der Waals surface area contributed by atoms with Gasteiger partial charge in [0.1, 0.15) is 0 Å². The van der Waals surface area contributed by atoms with E-state index >= 15 is 0 Å². The van der Waals surface area contributed by atoms with E-state index in [0.717, 1.165) is 5.56 Å². The van der Waals surface area contributed by atoms with E-state index in [1.165, 1.54) is 0 Å². The number of halogens is 1. The van der Waals surface area contributed by atoms with Gasteiger partial charge in [-0.2, -0.15) is 5.26 Å². The van der Waals surface area contributed by atoms with Gasteiger partial charge in [0.2, 0.25) is 0 Å². The Morgan fingerprint density at radius 2 is 2.25 bits per heavy atom. The third kappa shape index (κ3) is 1.69. The van der Waals surface area contributed by atoms with Gasteiger partial charge < -0.3 is 5.73 Å². The van der Waals surface area contributed by atoms with E-state index in [1.54, 1.807) is 25.1 Å². The Labute approximate surface area is 76.6 Å². The summed E-state index contributed by atoms with van der Waals surface area (Å²) in [7, 11) is 0. The van der Waals surface area contributed by atoms with Crippen LogP contribution in [0.3, 0.4) is 0 Å². The largest absolute Gasteiger partial charge is 0.399 e. The summed E-state index contributed by atoms with van der Waals surface area (Å²) in [4.78, 5) is 0. The summed E-state index contributed by atoms with van der Waals surface area (Å²) in [5.41, 5.74) is 6.95. The maximum atomic E-state index is 8.64. The molecule has 0 saturated heterocycles. The van der Waals surface area contributed by atoms with E-state index in [2.05, 4.69) is 6.07 Å². The standard InChI is InChI=1S/C9H9ClN2/c1-6(5-11)8-3-2-7(12)4-9(8)10/h2-4,6H,12H2,1H3. The second-order valence-corrected chi connectivity index (χ2v) is 3.04. The average Bonchev–Trinajstić information content (AvgIpc) is 2.03. The normalized spacial score (nSPS) is 12.1. The quantitative estimate of drug-likeness (QED) is 0.676. The highest BCUT2D eigenvalue weighted by Gasteiger charge is 2.07. The Morgan fingerprint density at radius 3 is 2.75 bits per heavy atom. The van der Waals surface area contributed by atoms with Crippen LogP contribution < -0.4 is 5.73 Å². The maximum absolute atomic E-state index is 8.64. The minimum absolute atomic E-state index is 0.182. The van der Waals surface area contributed by atoms with Crippen LogP contribution in [0.25, 0.3) is 0 Å². The number of anilines is 1. The maximum Gasteiger partial charge on any atom is 0.0701 e. The molecule has 12 heavy (non-hydrogen) atoms. The van der Waals surface area contributed by atoms with E-state index in [4.69, 9.17) is 22.6 Å². The van der Waals surface area contributed by atoms with Crippen molar-refractivity contribution in [3.63, 3.8) is 0 Å². The predicted molar refractivity (Wildman–Crippen MR) is 49.9 cm³/mol. The highest BCUT2D eigenvalue weighted by Crippen LogP contribution is 2.25. The van der Waals surface area contributed by atoms with Crippen molar-refractivity contribution in [1.29, 1.82) is 5.26 Å². The summed E-state index contributed by atoms with van der Waals surface area (Å²) in [6.07, 6.45) is 0. The molecule has 0 aliphatic carbocycles. The summed E-state index contributed by atoms with van der Waals surface area (Å²) in [5, 5.41) is 9.20. The van der Waals surface area contributed by atoms with Gasteiger partial charge in [-0.1, -0.05) is 17.7 Å². The average molecular weight is 181 g/mol. The van der Waals surface area contributed by atoms with Gasteiger partial charge in [-0.25, -0.2) is 0 Å². The number of hydrogen-bond donors (Lipinski definition) is 1. The van der Waals surface area contributed by atoms with Crippen molar-refractivity contribution in [3.8, 4) is 6.07 Å². The minimum Gasteiger partial charge on any atom is -0.399 e. The zero-order valence-electron chi connectivity index (χ0n) is 6.71. The molecule has 1 unspecified atom stereocenters. The van der Waals surface area contributed by atoms with Gasteiger partial charge in [0.25, 0.3) is 0 Å². The van der Waals surface area contributed by atoms with Gasteiger partial charge in [-0.15, -0.1) is 0 Å². The van der Waals surface area contributed by atoms with E-state index < -0.39 is 0 Å². The van der Waals surface area contributed by atoms with Crippen LogP contribution in [0, 0.1) is 11.3 Å². The smallest absolute Gasteiger partial charge is 0.0701 e. The van der Waals surface area contributed by atoms with Crippen molar-refractivity contribution >= 4 is 17.3 Å². The van der Waals surface area contributed by atoms with Gasteiger partial charge >= 0.3 is 0 Å². The zero-order chi connectivity index (χ0) is 9.14. The molecular formula is C9H9ClN2. The molecule has 0 saturated carbocycles. The predicted octanol–water partition coefficient (Wildman–Crippen LogP) is 2.55. The molecule has 0 fully saturated rings. The fourth-order valence-electron chi connectivity index (χ4n) is 0.964. The third-order valence-electron chi connectivity index (χ3n) is 1.68. The van der Waals surface area contributed by atoms with Crippen LogP contribution in [0.2, 0.25) is 5.02 Å². The Balaban J connectivity index is 3.11. The van der Waals surface area contributed by atoms with E-state index in [-0.39, 0.29) is 5.92 Å². The van der Waals surface area contributed by atoms with E-state index in [1.807, 2.05) is 0 Å². The monoisotopic (exact) mass is 180 g/mol. The number of benzene rings is 1. The molecule has 0 aliphatic heterocycles. The number of rotatable bonds is 1. The van der Waals surface area contributed by atoms with Crippen molar-refractivity contribution in [2.24, 2.45) is 0 Å². The lowest BCUT2D eigenvalue weighted by atomic mass is 10.0. The van der Waals surface area contributed by atoms with Gasteiger partial charge in [0, 0.05) is 10.7 Å². The van der Waals surface area contributed by atoms with Gasteiger partial charge in [0.05, 0.1) is 12.0 Å². The fourth-order valence-corrected chi connectivity index (χ4v) is 1.32. The number of hydrogen-bond acceptors (Lipinski definition) is 2. The summed E-state index contributed by atoms with van der Waals surface area (Å²) in [5.74, 6) is -0.182. The van der Waals surface area contributed by atoms with Gasteiger partial charge in [0.15, 0.2) is 0 Å². The summed E-state index contributed by atoms with van der Waals surface area (Å²) >= 11 is 5.87. The zero-order valence-corrected chi connectivity index (χ0v) is 7.47. The molecule has 1 aromatic rings. The second kappa shape index (κ2) is 3.46. The van der Waals surface area contributed by atoms with Crippen molar-refractivity contribution in [2.45, 2.75) is 12.8 Å². The molecular weight excluding hydrogens is 172 g/mol. The van der Waals surface area contributed by atoms with Crippen molar-refractivity contribution < 1.29 is 0 Å². The molecule has 1 rings (SSSR count). The topological polar surface area (TPSA) is 49.8 Å². The minimum atomic E-state index is -0.182. The van der Waals surface area contributed by atoms with Crippen LogP contribution in [-0.4, -0.2) is 0 Å². The first kappa shape index (κ1) is 8.89. The highest BCUT2D eigenvalue weighted by molar-refractivity contribution is 6.31. The molecule has 62 valence electrons. The number of nitrogens with zero attached hydrogens (tertiary/aromatic N) is 1. The summed E-state index contributed by atoms with van der Waals surface area (Å²) in [6.45, 7) is 1.80. The fraction of sp³-hybridized carbons (Fsp3) is 0.222. The summed E-state index contributed by atoms with van der Waals surface area (Å²) < 4.78 is 0. The molecule has 0 spiro atoms. The van der Waals surface area contributed by atoms with Crippen LogP contribution in [0.5, 0.6) is 0 Å². The first-order chi connectivity index (χ1) is 5.65. The lowest BCUT2D eigenvalue weighted by Gasteiger charge is -2.05. The molecule has 0 bridgehead atoms. The number of nitrogens with two attached hydrogens (primary N) is 1. The van der Waals surface area contributed by atoms with Crippen LogP contribution in [0.4, 0.5) is 5.69 Å². The molecule has 1 atom stereocenters. The van der Waals surface area contributed by atoms with Crippen molar-refractivity contribution in [1.82, 2.24) is 0 Å². The molecule has 0 aromatic heterocycles. The first-order valence-electron chi connectivity index (χ1n) is 3.59. The molecule has 2 N–H and O–H groups in total. The van der Waals surface area contributed by atoms with Crippen LogP contribution >= 0.6 is 11.6 Å². The van der Waals surface area contributed by atoms with Crippen LogP contribution in [0.1, 0.15) is 18.4 Å².